The lowest BCUT2D eigenvalue weighted by molar-refractivity contribution is 1.37. The minimum absolute atomic E-state index is 1.12. The second kappa shape index (κ2) is 3.51. The number of fused-ring (bicyclic) bond motifs is 1. The van der Waals surface area contributed by atoms with Gasteiger partial charge in [0.15, 0.2) is 0 Å². The summed E-state index contributed by atoms with van der Waals surface area (Å²) >= 11 is 5.92. The summed E-state index contributed by atoms with van der Waals surface area (Å²) in [4.78, 5) is 5.63. The molecule has 0 bridgehead atoms. The average molecular weight is 307 g/mol. The molecule has 12 heavy (non-hydrogen) atoms. The van der Waals surface area contributed by atoms with Gasteiger partial charge in [0.1, 0.15) is 0 Å². The Hall–Kier alpha value is 0.190. The van der Waals surface area contributed by atoms with E-state index < -0.39 is 0 Å². The van der Waals surface area contributed by atoms with E-state index in [0.29, 0.717) is 0 Å². The fourth-order valence-electron chi connectivity index (χ4n) is 1.05. The molecule has 2 heterocycles. The summed E-state index contributed by atoms with van der Waals surface area (Å²) in [5.74, 6) is 0. The maximum atomic E-state index is 4.30. The van der Waals surface area contributed by atoms with Gasteiger partial charge in [0.2, 0.25) is 0 Å². The first kappa shape index (κ1) is 8.77. The molecule has 0 unspecified atom stereocenters. The van der Waals surface area contributed by atoms with Crippen molar-refractivity contribution in [1.82, 2.24) is 4.98 Å². The number of thioether (sulfide) groups is 1. The number of pyridine rings is 1. The number of nitrogens with zero attached hydrogens (tertiary/aromatic N) is 1. The summed E-state index contributed by atoms with van der Waals surface area (Å²) in [7, 11) is 0. The fourth-order valence-corrected chi connectivity index (χ4v) is 3.61. The van der Waals surface area contributed by atoms with Gasteiger partial charge in [-0.2, -0.15) is 0 Å². The SMILES string of the molecule is CSc1ccnc2cc(I)sc12. The van der Waals surface area contributed by atoms with Crippen molar-refractivity contribution in [3.63, 3.8) is 0 Å². The molecule has 0 N–H and O–H groups in total. The summed E-state index contributed by atoms with van der Waals surface area (Å²) in [5.41, 5.74) is 1.12. The van der Waals surface area contributed by atoms with Crippen LogP contribution in [0.1, 0.15) is 0 Å². The lowest BCUT2D eigenvalue weighted by Crippen LogP contribution is -1.73. The summed E-state index contributed by atoms with van der Waals surface area (Å²) < 4.78 is 2.62. The largest absolute Gasteiger partial charge is 0.255 e. The molecule has 4 heteroatoms. The summed E-state index contributed by atoms with van der Waals surface area (Å²) in [6, 6.07) is 4.19. The van der Waals surface area contributed by atoms with Gasteiger partial charge in [0.05, 0.1) is 13.1 Å². The Bertz CT molecular complexity index is 410. The van der Waals surface area contributed by atoms with Crippen LogP contribution in [-0.4, -0.2) is 11.2 Å². The molecule has 62 valence electrons. The highest BCUT2D eigenvalue weighted by Crippen LogP contribution is 2.32. The van der Waals surface area contributed by atoms with Crippen molar-refractivity contribution in [2.75, 3.05) is 6.26 Å². The van der Waals surface area contributed by atoms with E-state index in [-0.39, 0.29) is 0 Å². The van der Waals surface area contributed by atoms with Crippen LogP contribution >= 0.6 is 45.7 Å². The Labute approximate surface area is 92.7 Å². The Morgan fingerprint density at radius 3 is 3.17 bits per heavy atom. The van der Waals surface area contributed by atoms with Crippen LogP contribution in [0.3, 0.4) is 0 Å². The molecule has 0 fully saturated rings. The van der Waals surface area contributed by atoms with Crippen LogP contribution < -0.4 is 0 Å². The Balaban J connectivity index is 2.78. The van der Waals surface area contributed by atoms with Crippen molar-refractivity contribution in [3.05, 3.63) is 21.2 Å². The van der Waals surface area contributed by atoms with Crippen molar-refractivity contribution in [3.8, 4) is 0 Å². The normalized spacial score (nSPS) is 10.8. The van der Waals surface area contributed by atoms with Gasteiger partial charge in [0.25, 0.3) is 0 Å². The summed E-state index contributed by atoms with van der Waals surface area (Å²) in [6.45, 7) is 0. The van der Waals surface area contributed by atoms with E-state index in [2.05, 4.69) is 46.0 Å². The zero-order chi connectivity index (χ0) is 8.55. The second-order valence-electron chi connectivity index (χ2n) is 2.28. The van der Waals surface area contributed by atoms with Crippen molar-refractivity contribution in [1.29, 1.82) is 0 Å². The molecule has 2 rings (SSSR count). The number of halogens is 1. The molecule has 0 saturated carbocycles. The smallest absolute Gasteiger partial charge is 0.0832 e. The van der Waals surface area contributed by atoms with Crippen LogP contribution in [0.2, 0.25) is 0 Å². The van der Waals surface area contributed by atoms with E-state index in [1.165, 1.54) is 12.5 Å². The first-order valence-electron chi connectivity index (χ1n) is 3.39. The maximum Gasteiger partial charge on any atom is 0.0832 e. The van der Waals surface area contributed by atoms with Crippen molar-refractivity contribution in [2.24, 2.45) is 0 Å². The van der Waals surface area contributed by atoms with E-state index in [0.717, 1.165) is 5.52 Å². The van der Waals surface area contributed by atoms with E-state index >= 15 is 0 Å². The Morgan fingerprint density at radius 2 is 2.42 bits per heavy atom. The molecule has 0 aliphatic rings. The van der Waals surface area contributed by atoms with Crippen molar-refractivity contribution < 1.29 is 0 Å². The molecular formula is C8H6INS2. The number of aromatic nitrogens is 1. The number of hydrogen-bond acceptors (Lipinski definition) is 3. The number of rotatable bonds is 1. The number of thiophene rings is 1. The van der Waals surface area contributed by atoms with Gasteiger partial charge in [-0.3, -0.25) is 4.98 Å². The van der Waals surface area contributed by atoms with Crippen LogP contribution in [0.5, 0.6) is 0 Å². The molecule has 0 spiro atoms. The molecule has 0 radical (unpaired) electrons. The standard InChI is InChI=1S/C8H6INS2/c1-11-6-2-3-10-5-4-7(9)12-8(5)6/h2-4H,1H3. The van der Waals surface area contributed by atoms with E-state index in [1.807, 2.05) is 6.20 Å². The van der Waals surface area contributed by atoms with Crippen molar-refractivity contribution in [2.45, 2.75) is 4.90 Å². The van der Waals surface area contributed by atoms with Gasteiger partial charge in [-0.05, 0) is 41.0 Å². The van der Waals surface area contributed by atoms with Crippen LogP contribution in [0, 0.1) is 2.88 Å². The van der Waals surface area contributed by atoms with Gasteiger partial charge in [-0.25, -0.2) is 0 Å². The molecule has 1 nitrogen and oxygen atoms in total. The van der Waals surface area contributed by atoms with Gasteiger partial charge in [0, 0.05) is 11.1 Å². The van der Waals surface area contributed by atoms with Crippen LogP contribution in [0.15, 0.2) is 23.2 Å². The third-order valence-corrected chi connectivity index (χ3v) is 4.39. The van der Waals surface area contributed by atoms with Gasteiger partial charge >= 0.3 is 0 Å². The minimum Gasteiger partial charge on any atom is -0.255 e. The topological polar surface area (TPSA) is 12.9 Å². The Morgan fingerprint density at radius 1 is 1.58 bits per heavy atom. The van der Waals surface area contributed by atoms with E-state index in [4.69, 9.17) is 0 Å². The Kier molecular flexibility index (Phi) is 2.57. The highest BCUT2D eigenvalue weighted by molar-refractivity contribution is 14.1. The molecule has 0 amide bonds. The van der Waals surface area contributed by atoms with Gasteiger partial charge < -0.3 is 0 Å². The monoisotopic (exact) mass is 307 g/mol. The van der Waals surface area contributed by atoms with Gasteiger partial charge in [-0.1, -0.05) is 0 Å². The fraction of sp³-hybridized carbons (Fsp3) is 0.125. The third-order valence-electron chi connectivity index (χ3n) is 1.57. The third kappa shape index (κ3) is 1.47. The zero-order valence-electron chi connectivity index (χ0n) is 6.37. The average Bonchev–Trinajstić information content (AvgIpc) is 2.44. The van der Waals surface area contributed by atoms with Crippen LogP contribution in [0.25, 0.3) is 10.2 Å². The minimum atomic E-state index is 1.12. The molecule has 0 aliphatic carbocycles. The second-order valence-corrected chi connectivity index (χ2v) is 6.07. The van der Waals surface area contributed by atoms with E-state index in [1.54, 1.807) is 23.1 Å². The van der Waals surface area contributed by atoms with Crippen LogP contribution in [0.4, 0.5) is 0 Å². The lowest BCUT2D eigenvalue weighted by atomic mass is 10.4. The molecule has 0 aliphatic heterocycles. The quantitative estimate of drug-likeness (QED) is 0.589. The highest BCUT2D eigenvalue weighted by Gasteiger charge is 2.04. The molecular weight excluding hydrogens is 301 g/mol. The first-order chi connectivity index (χ1) is 5.81. The van der Waals surface area contributed by atoms with Crippen molar-refractivity contribution >= 4 is 55.9 Å². The predicted octanol–water partition coefficient (Wildman–Crippen LogP) is 3.62. The van der Waals surface area contributed by atoms with Crippen LogP contribution in [-0.2, 0) is 0 Å². The molecule has 2 aromatic rings. The van der Waals surface area contributed by atoms with Gasteiger partial charge in [-0.15, -0.1) is 23.1 Å². The lowest BCUT2D eigenvalue weighted by Gasteiger charge is -1.95. The summed E-state index contributed by atoms with van der Waals surface area (Å²) in [6.07, 6.45) is 3.97. The maximum absolute atomic E-state index is 4.30. The summed E-state index contributed by atoms with van der Waals surface area (Å²) in [5, 5.41) is 0. The molecule has 0 saturated heterocycles. The first-order valence-corrected chi connectivity index (χ1v) is 6.51. The zero-order valence-corrected chi connectivity index (χ0v) is 10.2. The van der Waals surface area contributed by atoms with E-state index in [9.17, 15) is 0 Å². The molecule has 2 aromatic heterocycles. The molecule has 0 atom stereocenters. The number of hydrogen-bond donors (Lipinski definition) is 0. The molecule has 0 aromatic carbocycles. The predicted molar refractivity (Wildman–Crippen MR) is 64.1 cm³/mol. The highest BCUT2D eigenvalue weighted by atomic mass is 127.